The second-order valence-corrected chi connectivity index (χ2v) is 7.47. The second-order valence-electron chi connectivity index (χ2n) is 7.11. The van der Waals surface area contributed by atoms with Gasteiger partial charge in [0.1, 0.15) is 28.9 Å². The van der Waals surface area contributed by atoms with Crippen LogP contribution in [-0.2, 0) is 4.74 Å². The molecule has 10 heteroatoms. The van der Waals surface area contributed by atoms with Gasteiger partial charge in [-0.15, -0.1) is 0 Å². The highest BCUT2D eigenvalue weighted by Crippen LogP contribution is 2.43. The number of aliphatic hydroxyl groups is 3. The smallest absolute Gasteiger partial charge is 0.223 e. The summed E-state index contributed by atoms with van der Waals surface area (Å²) in [6.45, 7) is 0.395. The number of aromatic nitrogens is 2. The standard InChI is InChI=1S/C17H22ClN5O4/c18-15-12(11-4-7-5-20-2-1-10(7)27-11)16(23-17(19)22-15)21-9-3-8(6-24)13(25)14(9)26/h2,8-9,11,13-14,24-26H,1,3-6H2,(H3,19,21,22,23). The topological polar surface area (TPSA) is 146 Å². The number of allylic oxidation sites excluding steroid dienone is 1. The summed E-state index contributed by atoms with van der Waals surface area (Å²) in [6, 6.07) is -0.506. The molecule has 0 spiro atoms. The van der Waals surface area contributed by atoms with Crippen molar-refractivity contribution in [1.82, 2.24) is 9.97 Å². The Kier molecular flexibility index (Phi) is 4.94. The number of aliphatic imine (C=N–C) groups is 1. The number of hydrogen-bond acceptors (Lipinski definition) is 9. The van der Waals surface area contributed by atoms with E-state index >= 15 is 0 Å². The van der Waals surface area contributed by atoms with Gasteiger partial charge in [0.05, 0.1) is 24.3 Å². The number of nitrogens with one attached hydrogen (secondary N) is 1. The summed E-state index contributed by atoms with van der Waals surface area (Å²) in [7, 11) is 0. The van der Waals surface area contributed by atoms with E-state index in [-0.39, 0.29) is 23.8 Å². The summed E-state index contributed by atoms with van der Waals surface area (Å²) in [5, 5.41) is 33.0. The minimum Gasteiger partial charge on any atom is -0.489 e. The van der Waals surface area contributed by atoms with Gasteiger partial charge in [0.25, 0.3) is 0 Å². The van der Waals surface area contributed by atoms with Crippen molar-refractivity contribution in [2.75, 3.05) is 24.2 Å². The number of rotatable bonds is 4. The van der Waals surface area contributed by atoms with Gasteiger partial charge in [-0.3, -0.25) is 4.99 Å². The van der Waals surface area contributed by atoms with Crippen LogP contribution in [0.5, 0.6) is 0 Å². The fourth-order valence-electron chi connectivity index (χ4n) is 3.94. The normalized spacial score (nSPS) is 32.5. The van der Waals surface area contributed by atoms with Crippen LogP contribution in [-0.4, -0.2) is 62.9 Å². The van der Waals surface area contributed by atoms with Crippen molar-refractivity contribution in [3.8, 4) is 0 Å². The molecule has 1 fully saturated rings. The number of aliphatic hydroxyl groups excluding tert-OH is 3. The van der Waals surface area contributed by atoms with E-state index in [0.717, 1.165) is 11.3 Å². The molecule has 3 heterocycles. The Labute approximate surface area is 160 Å². The fourth-order valence-corrected chi connectivity index (χ4v) is 4.24. The maximum Gasteiger partial charge on any atom is 0.223 e. The van der Waals surface area contributed by atoms with Crippen molar-refractivity contribution in [1.29, 1.82) is 0 Å². The molecule has 0 amide bonds. The van der Waals surface area contributed by atoms with Crippen LogP contribution < -0.4 is 11.1 Å². The summed E-state index contributed by atoms with van der Waals surface area (Å²) in [5.41, 5.74) is 7.45. The second kappa shape index (κ2) is 7.23. The number of anilines is 2. The first-order chi connectivity index (χ1) is 13.0. The number of dihydropyridines is 1. The number of ether oxygens (including phenoxy) is 1. The predicted molar refractivity (Wildman–Crippen MR) is 99.5 cm³/mol. The molecular formula is C17H22ClN5O4. The summed E-state index contributed by atoms with van der Waals surface area (Å²) < 4.78 is 6.06. The van der Waals surface area contributed by atoms with E-state index in [1.807, 2.05) is 6.21 Å². The number of nitrogens with zero attached hydrogens (tertiary/aromatic N) is 3. The third-order valence-corrected chi connectivity index (χ3v) is 5.68. The molecule has 5 unspecified atom stereocenters. The Hall–Kier alpha value is -1.94. The maximum absolute atomic E-state index is 10.3. The molecule has 5 atom stereocenters. The third-order valence-electron chi connectivity index (χ3n) is 5.40. The van der Waals surface area contributed by atoms with Gasteiger partial charge in [-0.2, -0.15) is 4.98 Å². The highest BCUT2D eigenvalue weighted by Gasteiger charge is 2.42. The lowest BCUT2D eigenvalue weighted by Crippen LogP contribution is -2.36. The van der Waals surface area contributed by atoms with Crippen LogP contribution in [0.4, 0.5) is 11.8 Å². The van der Waals surface area contributed by atoms with Crippen LogP contribution in [0.15, 0.2) is 16.3 Å². The predicted octanol–water partition coefficient (Wildman–Crippen LogP) is 0.417. The molecule has 1 aromatic rings. The summed E-state index contributed by atoms with van der Waals surface area (Å²) in [6.07, 6.45) is 1.05. The number of halogens is 1. The zero-order chi connectivity index (χ0) is 19.1. The summed E-state index contributed by atoms with van der Waals surface area (Å²) in [5.74, 6) is 0.847. The first-order valence-electron chi connectivity index (χ1n) is 8.90. The molecule has 3 aliphatic rings. The molecule has 0 radical (unpaired) electrons. The molecule has 0 saturated heterocycles. The molecule has 1 saturated carbocycles. The van der Waals surface area contributed by atoms with E-state index in [2.05, 4.69) is 20.3 Å². The van der Waals surface area contributed by atoms with Crippen LogP contribution in [0.25, 0.3) is 0 Å². The van der Waals surface area contributed by atoms with Crippen molar-refractivity contribution in [2.45, 2.75) is 43.6 Å². The maximum atomic E-state index is 10.3. The van der Waals surface area contributed by atoms with Crippen molar-refractivity contribution >= 4 is 29.6 Å². The van der Waals surface area contributed by atoms with E-state index in [4.69, 9.17) is 22.1 Å². The zero-order valence-electron chi connectivity index (χ0n) is 14.5. The Morgan fingerprint density at radius 3 is 2.81 bits per heavy atom. The number of nitrogen functional groups attached to an aromatic ring is 1. The quantitative estimate of drug-likeness (QED) is 0.461. The number of nitrogens with two attached hydrogens (primary N) is 1. The first-order valence-corrected chi connectivity index (χ1v) is 9.28. The van der Waals surface area contributed by atoms with Gasteiger partial charge >= 0.3 is 0 Å². The summed E-state index contributed by atoms with van der Waals surface area (Å²) >= 11 is 6.37. The van der Waals surface area contributed by atoms with Crippen LogP contribution in [0, 0.1) is 5.92 Å². The largest absolute Gasteiger partial charge is 0.489 e. The van der Waals surface area contributed by atoms with Crippen LogP contribution >= 0.6 is 11.6 Å². The molecular weight excluding hydrogens is 374 g/mol. The Bertz CT molecular complexity index is 782. The lowest BCUT2D eigenvalue weighted by molar-refractivity contribution is 0.00443. The molecule has 146 valence electrons. The van der Waals surface area contributed by atoms with E-state index in [9.17, 15) is 15.3 Å². The van der Waals surface area contributed by atoms with Crippen molar-refractivity contribution in [3.63, 3.8) is 0 Å². The van der Waals surface area contributed by atoms with Crippen LogP contribution in [0.2, 0.25) is 5.15 Å². The molecule has 6 N–H and O–H groups in total. The average molecular weight is 396 g/mol. The monoisotopic (exact) mass is 395 g/mol. The molecule has 9 nitrogen and oxygen atoms in total. The molecule has 4 rings (SSSR count). The molecule has 0 bridgehead atoms. The van der Waals surface area contributed by atoms with Gasteiger partial charge in [0, 0.05) is 31.6 Å². The van der Waals surface area contributed by atoms with E-state index in [1.165, 1.54) is 0 Å². The molecule has 0 aromatic carbocycles. The summed E-state index contributed by atoms with van der Waals surface area (Å²) in [4.78, 5) is 12.6. The lowest BCUT2D eigenvalue weighted by Gasteiger charge is -2.23. The van der Waals surface area contributed by atoms with E-state index < -0.39 is 24.2 Å². The number of hydrogen-bond donors (Lipinski definition) is 5. The SMILES string of the molecule is Nc1nc(Cl)c(C2CC3=C(CC=NC3)O2)c(NC2CC(CO)C(O)C2O)n1. The first kappa shape index (κ1) is 18.4. The van der Waals surface area contributed by atoms with Gasteiger partial charge in [-0.1, -0.05) is 11.6 Å². The van der Waals surface area contributed by atoms with E-state index in [0.29, 0.717) is 37.2 Å². The van der Waals surface area contributed by atoms with Crippen molar-refractivity contribution in [2.24, 2.45) is 10.9 Å². The van der Waals surface area contributed by atoms with Crippen LogP contribution in [0.1, 0.15) is 30.9 Å². The molecule has 2 aliphatic heterocycles. The highest BCUT2D eigenvalue weighted by atomic mass is 35.5. The van der Waals surface area contributed by atoms with Gasteiger partial charge in [0.15, 0.2) is 0 Å². The van der Waals surface area contributed by atoms with Gasteiger partial charge in [-0.05, 0) is 12.0 Å². The molecule has 1 aliphatic carbocycles. The van der Waals surface area contributed by atoms with Gasteiger partial charge in [0.2, 0.25) is 5.95 Å². The molecule has 1 aromatic heterocycles. The third kappa shape index (κ3) is 3.36. The fraction of sp³-hybridized carbons (Fsp3) is 0.588. The van der Waals surface area contributed by atoms with Crippen molar-refractivity contribution in [3.05, 3.63) is 22.0 Å². The van der Waals surface area contributed by atoms with Gasteiger partial charge in [-0.25, -0.2) is 4.98 Å². The average Bonchev–Trinajstić information content (AvgIpc) is 3.17. The zero-order valence-corrected chi connectivity index (χ0v) is 15.3. The Morgan fingerprint density at radius 1 is 1.30 bits per heavy atom. The highest BCUT2D eigenvalue weighted by molar-refractivity contribution is 6.30. The molecule has 27 heavy (non-hydrogen) atoms. The minimum absolute atomic E-state index is 0.00274. The van der Waals surface area contributed by atoms with E-state index in [1.54, 1.807) is 0 Å². The van der Waals surface area contributed by atoms with Crippen molar-refractivity contribution < 1.29 is 20.1 Å². The van der Waals surface area contributed by atoms with Gasteiger partial charge < -0.3 is 31.1 Å². The Balaban J connectivity index is 1.60. The Morgan fingerprint density at radius 2 is 2.11 bits per heavy atom. The minimum atomic E-state index is -1.05. The van der Waals surface area contributed by atoms with Crippen LogP contribution in [0.3, 0.4) is 0 Å². The lowest BCUT2D eigenvalue weighted by atomic mass is 10.0.